The lowest BCUT2D eigenvalue weighted by Gasteiger charge is -2.49. The molecular formula is C20H23ClN10O5S5. The number of oxime groups is 1. The van der Waals surface area contributed by atoms with Crippen LogP contribution in [0.15, 0.2) is 25.0 Å². The Morgan fingerprint density at radius 2 is 1.95 bits per heavy atom. The summed E-state index contributed by atoms with van der Waals surface area (Å²) in [5, 5.41) is 24.8. The summed E-state index contributed by atoms with van der Waals surface area (Å²) in [5.74, 6) is -1.72. The smallest absolute Gasteiger partial charge is 0.353 e. The number of carboxylic acids is 1. The van der Waals surface area contributed by atoms with Crippen molar-refractivity contribution in [2.24, 2.45) is 27.5 Å². The van der Waals surface area contributed by atoms with Gasteiger partial charge in [0.05, 0.1) is 27.7 Å². The van der Waals surface area contributed by atoms with Crippen LogP contribution in [0.4, 0.5) is 10.3 Å². The summed E-state index contributed by atoms with van der Waals surface area (Å²) in [7, 11) is 0. The highest BCUT2D eigenvalue weighted by Crippen LogP contribution is 2.49. The molecule has 4 heterocycles. The number of fused-ring (bicyclic) bond motifs is 1. The van der Waals surface area contributed by atoms with Gasteiger partial charge in [-0.3, -0.25) is 19.5 Å². The topological polar surface area (TPSA) is 262 Å². The molecule has 1 unspecified atom stereocenters. The molecule has 1 fully saturated rings. The first kappa shape index (κ1) is 31.0. The molecule has 4 rings (SSSR count). The van der Waals surface area contributed by atoms with Gasteiger partial charge < -0.3 is 38.6 Å². The number of β-lactam (4-membered cyclic amide) rings is 1. The van der Waals surface area contributed by atoms with Gasteiger partial charge in [0.2, 0.25) is 5.91 Å². The van der Waals surface area contributed by atoms with Gasteiger partial charge in [-0.1, -0.05) is 51.2 Å². The number of amides is 2. The quantitative estimate of drug-likeness (QED) is 0.0410. The van der Waals surface area contributed by atoms with Crippen molar-refractivity contribution in [1.82, 2.24) is 20.2 Å². The Morgan fingerprint density at radius 1 is 1.22 bits per heavy atom. The van der Waals surface area contributed by atoms with E-state index in [1.54, 1.807) is 11.8 Å². The second-order valence-electron chi connectivity index (χ2n) is 8.17. The number of guanidine groups is 1. The monoisotopic (exact) mass is 678 g/mol. The minimum absolute atomic E-state index is 0.0149. The molecule has 0 aromatic carbocycles. The summed E-state index contributed by atoms with van der Waals surface area (Å²) >= 11 is 12.3. The highest BCUT2D eigenvalue weighted by Gasteiger charge is 2.53. The molecule has 2 aromatic rings. The van der Waals surface area contributed by atoms with Gasteiger partial charge in [0.25, 0.3) is 5.91 Å². The number of carbonyl (C=O) groups is 3. The number of aliphatic carboxylic acids is 1. The number of halogens is 1. The van der Waals surface area contributed by atoms with Crippen molar-refractivity contribution >= 4 is 109 Å². The largest absolute Gasteiger partial charge is 0.477 e. The molecular weight excluding hydrogens is 656 g/mol. The Bertz CT molecular complexity index is 1460. The van der Waals surface area contributed by atoms with E-state index in [1.807, 2.05) is 0 Å². The van der Waals surface area contributed by atoms with Crippen molar-refractivity contribution in [3.8, 4) is 0 Å². The number of nitrogens with one attached hydrogen (secondary N) is 1. The van der Waals surface area contributed by atoms with Crippen molar-refractivity contribution in [2.75, 3.05) is 36.1 Å². The number of nitrogens with two attached hydrogens (primary N) is 4. The van der Waals surface area contributed by atoms with Crippen LogP contribution in [0, 0.1) is 5.92 Å². The van der Waals surface area contributed by atoms with E-state index in [2.05, 4.69) is 25.4 Å². The molecule has 220 valence electrons. The predicted molar refractivity (Wildman–Crippen MR) is 163 cm³/mol. The van der Waals surface area contributed by atoms with Crippen molar-refractivity contribution in [2.45, 2.75) is 15.3 Å². The summed E-state index contributed by atoms with van der Waals surface area (Å²) in [6.07, 6.45) is 0. The lowest BCUT2D eigenvalue weighted by molar-refractivity contribution is -0.152. The van der Waals surface area contributed by atoms with Crippen molar-refractivity contribution in [3.63, 3.8) is 0 Å². The third-order valence-corrected chi connectivity index (χ3v) is 11.3. The normalized spacial score (nSPS) is 18.6. The third kappa shape index (κ3) is 6.95. The zero-order valence-electron chi connectivity index (χ0n) is 20.8. The molecule has 2 atom stereocenters. The Hall–Kier alpha value is -2.91. The zero-order chi connectivity index (χ0) is 29.8. The second kappa shape index (κ2) is 13.4. The molecule has 41 heavy (non-hydrogen) atoms. The summed E-state index contributed by atoms with van der Waals surface area (Å²) in [5.41, 5.74) is 22.2. The maximum Gasteiger partial charge on any atom is 0.353 e. The number of carboxylic acid groups (broad SMARTS) is 1. The Kier molecular flexibility index (Phi) is 10.1. The Balaban J connectivity index is 1.43. The number of hydrogen-bond acceptors (Lipinski definition) is 15. The number of thiazole rings is 2. The zero-order valence-corrected chi connectivity index (χ0v) is 25.6. The summed E-state index contributed by atoms with van der Waals surface area (Å²) in [6.45, 7) is 0.325. The molecule has 2 aromatic heterocycles. The van der Waals surface area contributed by atoms with Crippen LogP contribution >= 0.6 is 69.6 Å². The minimum atomic E-state index is -1.25. The van der Waals surface area contributed by atoms with E-state index in [-0.39, 0.29) is 33.4 Å². The maximum atomic E-state index is 13.1. The van der Waals surface area contributed by atoms with Gasteiger partial charge in [-0.05, 0) is 0 Å². The van der Waals surface area contributed by atoms with Gasteiger partial charge in [0.15, 0.2) is 21.9 Å². The lowest BCUT2D eigenvalue weighted by Crippen LogP contribution is -2.64. The number of nitrogen functional groups attached to an aromatic ring is 2. The van der Waals surface area contributed by atoms with E-state index >= 15 is 0 Å². The molecule has 1 saturated heterocycles. The van der Waals surface area contributed by atoms with Gasteiger partial charge in [-0.15, -0.1) is 11.8 Å². The average Bonchev–Trinajstić information content (AvgIpc) is 3.43. The second-order valence-corrected chi connectivity index (χ2v) is 14.4. The summed E-state index contributed by atoms with van der Waals surface area (Å²) < 4.78 is 0.800. The van der Waals surface area contributed by atoms with Gasteiger partial charge in [-0.25, -0.2) is 14.8 Å². The van der Waals surface area contributed by atoms with Crippen molar-refractivity contribution < 1.29 is 24.7 Å². The number of thioether (sulfide) groups is 3. The van der Waals surface area contributed by atoms with Crippen molar-refractivity contribution in [3.05, 3.63) is 26.3 Å². The lowest BCUT2D eigenvalue weighted by atomic mass is 9.96. The Labute approximate surface area is 258 Å². The standard InChI is InChI=1S/C20H23ClN10O5S5/c21-12-9(29-20(25)40-12)10(30-36)13(32)27-3-6-14(33)31-11(16(34)35)8(5-38-15(6)31)39-17-7(28-19(24)41-17)4-37-2-1-26-18(22)23/h6,15,36H,1-5H2,(H2,24,28)(H2,25,29)(H,27,32)(H,34,35)(H4,22,23,26)/b30-10-/t6-,15?/m1/s1. The molecule has 11 N–H and O–H groups in total. The van der Waals surface area contributed by atoms with E-state index in [1.165, 1.54) is 39.8 Å². The van der Waals surface area contributed by atoms with Crippen LogP contribution in [0.1, 0.15) is 11.4 Å². The van der Waals surface area contributed by atoms with Gasteiger partial charge in [-0.2, -0.15) is 11.8 Å². The highest BCUT2D eigenvalue weighted by atomic mass is 35.5. The molecule has 0 spiro atoms. The van der Waals surface area contributed by atoms with Crippen LogP contribution in [0.3, 0.4) is 0 Å². The molecule has 2 aliphatic rings. The fourth-order valence-corrected chi connectivity index (χ4v) is 9.43. The molecule has 2 amide bonds. The molecule has 0 radical (unpaired) electrons. The first-order valence-corrected chi connectivity index (χ1v) is 16.4. The first-order chi connectivity index (χ1) is 19.5. The van der Waals surface area contributed by atoms with E-state index in [9.17, 15) is 24.7 Å². The molecule has 0 saturated carbocycles. The Morgan fingerprint density at radius 3 is 2.59 bits per heavy atom. The van der Waals surface area contributed by atoms with E-state index in [0.717, 1.165) is 15.5 Å². The first-order valence-electron chi connectivity index (χ1n) is 11.4. The van der Waals surface area contributed by atoms with Gasteiger partial charge in [0.1, 0.15) is 15.7 Å². The van der Waals surface area contributed by atoms with Crippen molar-refractivity contribution in [1.29, 1.82) is 0 Å². The molecule has 15 nitrogen and oxygen atoms in total. The number of aliphatic imine (C=N–C) groups is 1. The number of carbonyl (C=O) groups excluding carboxylic acids is 2. The fraction of sp³-hybridized carbons (Fsp3) is 0.350. The molecule has 0 aliphatic carbocycles. The van der Waals surface area contributed by atoms with Gasteiger partial charge >= 0.3 is 5.97 Å². The van der Waals surface area contributed by atoms with Crippen LogP contribution in [-0.4, -0.2) is 84.6 Å². The summed E-state index contributed by atoms with van der Waals surface area (Å²) in [6, 6.07) is 0. The predicted octanol–water partition coefficient (Wildman–Crippen LogP) is 0.838. The van der Waals surface area contributed by atoms with E-state index in [4.69, 9.17) is 34.5 Å². The average molecular weight is 679 g/mol. The fourth-order valence-electron chi connectivity index (χ4n) is 3.80. The number of anilines is 2. The van der Waals surface area contributed by atoms with Crippen LogP contribution < -0.4 is 28.3 Å². The molecule has 21 heteroatoms. The number of hydrogen-bond donors (Lipinski definition) is 7. The highest BCUT2D eigenvalue weighted by molar-refractivity contribution is 8.07. The third-order valence-electron chi connectivity index (χ3n) is 5.53. The SMILES string of the molecule is NC(N)=NCCSCc1nc(N)sc1SC1=C(C(=O)O)N2C(=O)[C@@H](CNC(=O)/C(=N\O)c3nc(N)sc3Cl)C2SC1. The van der Waals surface area contributed by atoms with Crippen LogP contribution in [0.25, 0.3) is 0 Å². The maximum absolute atomic E-state index is 13.1. The van der Waals surface area contributed by atoms with E-state index in [0.29, 0.717) is 39.5 Å². The van der Waals surface area contributed by atoms with E-state index < -0.39 is 34.8 Å². The van der Waals surface area contributed by atoms with Crippen LogP contribution in [0.5, 0.6) is 0 Å². The van der Waals surface area contributed by atoms with Gasteiger partial charge in [0, 0.05) is 28.7 Å². The number of rotatable bonds is 12. The minimum Gasteiger partial charge on any atom is -0.477 e. The number of aromatic nitrogens is 2. The molecule has 0 bridgehead atoms. The molecule has 2 aliphatic heterocycles. The summed E-state index contributed by atoms with van der Waals surface area (Å²) in [4.78, 5) is 51.9. The van der Waals surface area contributed by atoms with Crippen LogP contribution in [-0.2, 0) is 20.1 Å². The van der Waals surface area contributed by atoms with Crippen LogP contribution in [0.2, 0.25) is 4.34 Å². The number of nitrogens with zero attached hydrogens (tertiary/aromatic N) is 5.